The fourth-order valence-corrected chi connectivity index (χ4v) is 5.28. The minimum atomic E-state index is -3.68. The van der Waals surface area contributed by atoms with Crippen molar-refractivity contribution in [2.45, 2.75) is 24.9 Å². The lowest BCUT2D eigenvalue weighted by molar-refractivity contribution is -0.120. The van der Waals surface area contributed by atoms with Crippen molar-refractivity contribution >= 4 is 21.6 Å². The third kappa shape index (κ3) is 6.65. The standard InChI is InChI=1S/C28H32N2O5S/c1-36(32,33)30(25-12-14-26(15-13-25)35-21-23-8-4-2-5-9-23)20-27(31)29-22-28(16-18-34-19-17-28)24-10-6-3-7-11-24/h2-15H,16-22H2,1H3,(H,29,31). The molecule has 1 aliphatic heterocycles. The number of carbonyl (C=O) groups excluding carboxylic acids is 1. The van der Waals surface area contributed by atoms with Gasteiger partial charge < -0.3 is 14.8 Å². The van der Waals surface area contributed by atoms with Crippen molar-refractivity contribution in [3.8, 4) is 5.75 Å². The molecule has 0 radical (unpaired) electrons. The lowest BCUT2D eigenvalue weighted by atomic mass is 9.74. The van der Waals surface area contributed by atoms with E-state index in [4.69, 9.17) is 9.47 Å². The van der Waals surface area contributed by atoms with Crippen LogP contribution in [-0.4, -0.2) is 46.9 Å². The summed E-state index contributed by atoms with van der Waals surface area (Å²) in [6.07, 6.45) is 2.68. The van der Waals surface area contributed by atoms with Crippen LogP contribution in [0, 0.1) is 0 Å². The largest absolute Gasteiger partial charge is 0.489 e. The second-order valence-electron chi connectivity index (χ2n) is 9.07. The van der Waals surface area contributed by atoms with Crippen molar-refractivity contribution in [2.24, 2.45) is 0 Å². The third-order valence-corrected chi connectivity index (χ3v) is 7.66. The summed E-state index contributed by atoms with van der Waals surface area (Å²) >= 11 is 0. The van der Waals surface area contributed by atoms with E-state index in [1.807, 2.05) is 48.5 Å². The van der Waals surface area contributed by atoms with Gasteiger partial charge in [0.05, 0.1) is 11.9 Å². The number of carbonyl (C=O) groups is 1. The number of rotatable bonds is 10. The fourth-order valence-electron chi connectivity index (χ4n) is 4.43. The zero-order valence-electron chi connectivity index (χ0n) is 20.4. The fraction of sp³-hybridized carbons (Fsp3) is 0.321. The molecule has 1 heterocycles. The summed E-state index contributed by atoms with van der Waals surface area (Å²) in [5.74, 6) is 0.261. The summed E-state index contributed by atoms with van der Waals surface area (Å²) in [5, 5.41) is 2.99. The summed E-state index contributed by atoms with van der Waals surface area (Å²) in [6, 6.07) is 26.6. The maximum Gasteiger partial charge on any atom is 0.240 e. The Morgan fingerprint density at radius 1 is 0.944 bits per heavy atom. The molecule has 36 heavy (non-hydrogen) atoms. The van der Waals surface area contributed by atoms with Gasteiger partial charge in [0, 0.05) is 25.2 Å². The van der Waals surface area contributed by atoms with Crippen LogP contribution in [-0.2, 0) is 31.6 Å². The topological polar surface area (TPSA) is 84.9 Å². The number of ether oxygens (including phenoxy) is 2. The van der Waals surface area contributed by atoms with Crippen molar-refractivity contribution in [3.63, 3.8) is 0 Å². The summed E-state index contributed by atoms with van der Waals surface area (Å²) in [5.41, 5.74) is 2.36. The molecule has 190 valence electrons. The highest BCUT2D eigenvalue weighted by atomic mass is 32.2. The lowest BCUT2D eigenvalue weighted by Gasteiger charge is -2.38. The van der Waals surface area contributed by atoms with E-state index in [9.17, 15) is 13.2 Å². The smallest absolute Gasteiger partial charge is 0.240 e. The highest BCUT2D eigenvalue weighted by Gasteiger charge is 2.35. The molecular formula is C28H32N2O5S. The molecule has 1 saturated heterocycles. The molecule has 0 unspecified atom stereocenters. The van der Waals surface area contributed by atoms with Gasteiger partial charge in [0.15, 0.2) is 0 Å². The molecule has 3 aromatic carbocycles. The quantitative estimate of drug-likeness (QED) is 0.449. The molecule has 4 rings (SSSR count). The molecule has 3 aromatic rings. The molecule has 0 aliphatic carbocycles. The van der Waals surface area contributed by atoms with Crippen molar-refractivity contribution in [2.75, 3.05) is 36.9 Å². The average molecular weight is 509 g/mol. The Hall–Kier alpha value is -3.36. The first-order chi connectivity index (χ1) is 17.4. The number of amides is 1. The lowest BCUT2D eigenvalue weighted by Crippen LogP contribution is -2.47. The maximum absolute atomic E-state index is 12.9. The van der Waals surface area contributed by atoms with E-state index in [0.29, 0.717) is 37.8 Å². The van der Waals surface area contributed by atoms with Gasteiger partial charge in [-0.2, -0.15) is 0 Å². The van der Waals surface area contributed by atoms with Gasteiger partial charge in [-0.1, -0.05) is 60.7 Å². The maximum atomic E-state index is 12.9. The Morgan fingerprint density at radius 3 is 2.17 bits per heavy atom. The molecule has 8 heteroatoms. The van der Waals surface area contributed by atoms with Crippen molar-refractivity contribution in [3.05, 3.63) is 96.1 Å². The van der Waals surface area contributed by atoms with Crippen molar-refractivity contribution in [1.29, 1.82) is 0 Å². The number of hydrogen-bond acceptors (Lipinski definition) is 5. The molecule has 1 aliphatic rings. The van der Waals surface area contributed by atoms with E-state index in [1.54, 1.807) is 24.3 Å². The van der Waals surface area contributed by atoms with Gasteiger partial charge in [0.2, 0.25) is 15.9 Å². The normalized spacial score (nSPS) is 15.1. The monoisotopic (exact) mass is 508 g/mol. The van der Waals surface area contributed by atoms with Gasteiger partial charge in [-0.3, -0.25) is 9.10 Å². The molecule has 0 spiro atoms. The number of sulfonamides is 1. The van der Waals surface area contributed by atoms with Gasteiger partial charge in [-0.05, 0) is 48.2 Å². The predicted octanol–water partition coefficient (Wildman–Crippen LogP) is 3.90. The van der Waals surface area contributed by atoms with Gasteiger partial charge in [-0.25, -0.2) is 8.42 Å². The van der Waals surface area contributed by atoms with Crippen LogP contribution in [0.2, 0.25) is 0 Å². The molecule has 1 fully saturated rings. The molecular weight excluding hydrogens is 476 g/mol. The third-order valence-electron chi connectivity index (χ3n) is 6.52. The Labute approximate surface area is 213 Å². The summed E-state index contributed by atoms with van der Waals surface area (Å²) in [7, 11) is -3.68. The Morgan fingerprint density at radius 2 is 1.56 bits per heavy atom. The van der Waals surface area contributed by atoms with Crippen molar-refractivity contribution < 1.29 is 22.7 Å². The number of anilines is 1. The van der Waals surface area contributed by atoms with E-state index < -0.39 is 10.0 Å². The van der Waals surface area contributed by atoms with Gasteiger partial charge in [0.1, 0.15) is 18.9 Å². The summed E-state index contributed by atoms with van der Waals surface area (Å²) in [6.45, 7) is 1.78. The van der Waals surface area contributed by atoms with Crippen LogP contribution in [0.3, 0.4) is 0 Å². The molecule has 1 N–H and O–H groups in total. The van der Waals surface area contributed by atoms with E-state index in [1.165, 1.54) is 0 Å². The summed E-state index contributed by atoms with van der Waals surface area (Å²) < 4.78 is 37.6. The highest BCUT2D eigenvalue weighted by Crippen LogP contribution is 2.34. The van der Waals surface area contributed by atoms with Crippen LogP contribution in [0.1, 0.15) is 24.0 Å². The summed E-state index contributed by atoms with van der Waals surface area (Å²) in [4.78, 5) is 12.9. The molecule has 0 aromatic heterocycles. The van der Waals surface area contributed by atoms with E-state index in [0.717, 1.165) is 34.5 Å². The Balaban J connectivity index is 1.41. The van der Waals surface area contributed by atoms with E-state index >= 15 is 0 Å². The molecule has 0 saturated carbocycles. The number of nitrogens with one attached hydrogen (secondary N) is 1. The second kappa shape index (κ2) is 11.6. The van der Waals surface area contributed by atoms with Crippen LogP contribution in [0.5, 0.6) is 5.75 Å². The van der Waals surface area contributed by atoms with E-state index in [-0.39, 0.29) is 17.9 Å². The minimum Gasteiger partial charge on any atom is -0.489 e. The second-order valence-corrected chi connectivity index (χ2v) is 11.0. The van der Waals surface area contributed by atoms with Gasteiger partial charge in [0.25, 0.3) is 0 Å². The average Bonchev–Trinajstić information content (AvgIpc) is 2.91. The molecule has 0 atom stereocenters. The van der Waals surface area contributed by atoms with E-state index in [2.05, 4.69) is 17.4 Å². The van der Waals surface area contributed by atoms with Crippen molar-refractivity contribution in [1.82, 2.24) is 5.32 Å². The van der Waals surface area contributed by atoms with Gasteiger partial charge in [-0.15, -0.1) is 0 Å². The first-order valence-corrected chi connectivity index (χ1v) is 13.9. The molecule has 7 nitrogen and oxygen atoms in total. The van der Waals surface area contributed by atoms with Crippen LogP contribution in [0.15, 0.2) is 84.9 Å². The minimum absolute atomic E-state index is 0.233. The SMILES string of the molecule is CS(=O)(=O)N(CC(=O)NCC1(c2ccccc2)CCOCC1)c1ccc(OCc2ccccc2)cc1. The zero-order chi connectivity index (χ0) is 25.4. The van der Waals surface area contributed by atoms with Crippen LogP contribution < -0.4 is 14.4 Å². The first-order valence-electron chi connectivity index (χ1n) is 12.0. The number of nitrogens with zero attached hydrogens (tertiary/aromatic N) is 1. The molecule has 0 bridgehead atoms. The van der Waals surface area contributed by atoms with Crippen LogP contribution in [0.25, 0.3) is 0 Å². The number of benzene rings is 3. The van der Waals surface area contributed by atoms with Gasteiger partial charge >= 0.3 is 0 Å². The van der Waals surface area contributed by atoms with Crippen LogP contribution >= 0.6 is 0 Å². The van der Waals surface area contributed by atoms with Crippen LogP contribution in [0.4, 0.5) is 5.69 Å². The zero-order valence-corrected chi connectivity index (χ0v) is 21.2. The molecule has 1 amide bonds. The Kier molecular flexibility index (Phi) is 8.28. The number of hydrogen-bond donors (Lipinski definition) is 1. The highest BCUT2D eigenvalue weighted by molar-refractivity contribution is 7.92. The predicted molar refractivity (Wildman–Crippen MR) is 141 cm³/mol. The first kappa shape index (κ1) is 25.7. The Bertz CT molecular complexity index is 1230.